The van der Waals surface area contributed by atoms with Gasteiger partial charge in [-0.2, -0.15) is 0 Å². The number of carbonyl (C=O) groups is 1. The Balaban J connectivity index is 2.29. The van der Waals surface area contributed by atoms with Crippen molar-refractivity contribution in [3.63, 3.8) is 0 Å². The van der Waals surface area contributed by atoms with E-state index in [2.05, 4.69) is 0 Å². The summed E-state index contributed by atoms with van der Waals surface area (Å²) >= 11 is 0. The lowest BCUT2D eigenvalue weighted by Gasteiger charge is -2.38. The zero-order chi connectivity index (χ0) is 14.7. The fraction of sp³-hybridized carbons (Fsp3) is 0.533. The van der Waals surface area contributed by atoms with E-state index in [0.717, 1.165) is 6.42 Å². The Morgan fingerprint density at radius 3 is 2.80 bits per heavy atom. The van der Waals surface area contributed by atoms with E-state index in [1.54, 1.807) is 23.1 Å². The number of ether oxygens (including phenoxy) is 1. The van der Waals surface area contributed by atoms with Gasteiger partial charge in [0.15, 0.2) is 0 Å². The average Bonchev–Trinajstić information content (AvgIpc) is 2.44. The zero-order valence-electron chi connectivity index (χ0n) is 11.8. The Morgan fingerprint density at radius 2 is 2.20 bits per heavy atom. The van der Waals surface area contributed by atoms with Gasteiger partial charge in [-0.05, 0) is 24.9 Å². The van der Waals surface area contributed by atoms with E-state index >= 15 is 0 Å². The molecule has 20 heavy (non-hydrogen) atoms. The molecule has 3 atom stereocenters. The highest BCUT2D eigenvalue weighted by atomic mass is 19.1. The number of halogens is 1. The van der Waals surface area contributed by atoms with Crippen LogP contribution in [0.1, 0.15) is 24.9 Å². The minimum Gasteiger partial charge on any atom is -0.468 e. The van der Waals surface area contributed by atoms with E-state index in [0.29, 0.717) is 18.7 Å². The lowest BCUT2D eigenvalue weighted by molar-refractivity contribution is -0.149. The molecule has 1 N–H and O–H groups in total. The highest BCUT2D eigenvalue weighted by Crippen LogP contribution is 2.29. The zero-order valence-corrected chi connectivity index (χ0v) is 11.8. The summed E-state index contributed by atoms with van der Waals surface area (Å²) in [5.41, 5.74) is 0.293. The van der Waals surface area contributed by atoms with Crippen molar-refractivity contribution in [2.45, 2.75) is 25.5 Å². The number of hydrogen-bond donors (Lipinski definition) is 1. The highest BCUT2D eigenvalue weighted by molar-refractivity contribution is 5.77. The molecule has 1 aromatic rings. The fourth-order valence-corrected chi connectivity index (χ4v) is 2.59. The molecule has 0 spiro atoms. The van der Waals surface area contributed by atoms with Crippen LogP contribution in [0.4, 0.5) is 4.39 Å². The summed E-state index contributed by atoms with van der Waals surface area (Å²) in [6.07, 6.45) is 0.256. The van der Waals surface area contributed by atoms with E-state index in [-0.39, 0.29) is 5.92 Å². The van der Waals surface area contributed by atoms with Gasteiger partial charge in [0, 0.05) is 12.1 Å². The van der Waals surface area contributed by atoms with Crippen molar-refractivity contribution in [2.75, 3.05) is 20.2 Å². The summed E-state index contributed by atoms with van der Waals surface area (Å²) in [5, 5.41) is 9.98. The Kier molecular flexibility index (Phi) is 4.73. The van der Waals surface area contributed by atoms with Crippen LogP contribution < -0.4 is 0 Å². The third-order valence-electron chi connectivity index (χ3n) is 3.94. The van der Waals surface area contributed by atoms with Crippen LogP contribution >= 0.6 is 0 Å². The van der Waals surface area contributed by atoms with Crippen LogP contribution in [0.2, 0.25) is 0 Å². The molecule has 0 aromatic heterocycles. The predicted octanol–water partition coefficient (Wildman–Crippen LogP) is 1.74. The Hall–Kier alpha value is -1.46. The van der Waals surface area contributed by atoms with Crippen molar-refractivity contribution in [2.24, 2.45) is 5.92 Å². The summed E-state index contributed by atoms with van der Waals surface area (Å²) < 4.78 is 18.8. The molecule has 0 aliphatic carbocycles. The van der Waals surface area contributed by atoms with Gasteiger partial charge in [0.1, 0.15) is 11.9 Å². The molecule has 1 aliphatic rings. The standard InChI is InChI=1S/C15H20FNO3/c1-10-7-8-17(9-13(10)18)14(15(19)20-2)11-5-3-4-6-12(11)16/h3-6,10,13-14,18H,7-9H2,1-2H3. The van der Waals surface area contributed by atoms with Crippen LogP contribution in [0, 0.1) is 11.7 Å². The maximum Gasteiger partial charge on any atom is 0.327 e. The van der Waals surface area contributed by atoms with E-state index < -0.39 is 23.9 Å². The molecule has 1 saturated heterocycles. The number of aliphatic hydroxyl groups excluding tert-OH is 1. The van der Waals surface area contributed by atoms with E-state index in [9.17, 15) is 14.3 Å². The van der Waals surface area contributed by atoms with Crippen LogP contribution in [0.15, 0.2) is 24.3 Å². The molecule has 0 bridgehead atoms. The van der Waals surface area contributed by atoms with Crippen LogP contribution in [-0.4, -0.2) is 42.3 Å². The van der Waals surface area contributed by atoms with Gasteiger partial charge in [-0.15, -0.1) is 0 Å². The predicted molar refractivity (Wildman–Crippen MR) is 72.5 cm³/mol. The number of nitrogens with zero attached hydrogens (tertiary/aromatic N) is 1. The first-order valence-electron chi connectivity index (χ1n) is 6.79. The van der Waals surface area contributed by atoms with Gasteiger partial charge in [0.05, 0.1) is 13.2 Å². The summed E-state index contributed by atoms with van der Waals surface area (Å²) in [4.78, 5) is 13.8. The molecule has 1 heterocycles. The van der Waals surface area contributed by atoms with Gasteiger partial charge < -0.3 is 9.84 Å². The monoisotopic (exact) mass is 281 g/mol. The maximum absolute atomic E-state index is 14.0. The summed E-state index contributed by atoms with van der Waals surface area (Å²) in [6.45, 7) is 2.94. The van der Waals surface area contributed by atoms with Crippen molar-refractivity contribution < 1.29 is 19.0 Å². The number of piperidine rings is 1. The van der Waals surface area contributed by atoms with Gasteiger partial charge in [0.2, 0.25) is 0 Å². The molecule has 1 aromatic carbocycles. The Bertz CT molecular complexity index is 480. The number of aliphatic hydroxyl groups is 1. The van der Waals surface area contributed by atoms with Crippen LogP contribution in [0.3, 0.4) is 0 Å². The number of hydrogen-bond acceptors (Lipinski definition) is 4. The van der Waals surface area contributed by atoms with Gasteiger partial charge in [0.25, 0.3) is 0 Å². The first-order valence-corrected chi connectivity index (χ1v) is 6.79. The second-order valence-corrected chi connectivity index (χ2v) is 5.28. The molecule has 110 valence electrons. The topological polar surface area (TPSA) is 49.8 Å². The molecule has 3 unspecified atom stereocenters. The molecular weight excluding hydrogens is 261 g/mol. The molecule has 1 fully saturated rings. The molecule has 5 heteroatoms. The van der Waals surface area contributed by atoms with Crippen LogP contribution in [-0.2, 0) is 9.53 Å². The van der Waals surface area contributed by atoms with Crippen molar-refractivity contribution in [3.8, 4) is 0 Å². The van der Waals surface area contributed by atoms with Crippen LogP contribution in [0.5, 0.6) is 0 Å². The van der Waals surface area contributed by atoms with Gasteiger partial charge >= 0.3 is 5.97 Å². The molecule has 2 rings (SSSR count). The van der Waals surface area contributed by atoms with E-state index in [1.165, 1.54) is 13.2 Å². The molecule has 1 aliphatic heterocycles. The number of carbonyl (C=O) groups excluding carboxylic acids is 1. The molecule has 0 saturated carbocycles. The second-order valence-electron chi connectivity index (χ2n) is 5.28. The van der Waals surface area contributed by atoms with Gasteiger partial charge in [-0.25, -0.2) is 9.18 Å². The summed E-state index contributed by atoms with van der Waals surface area (Å²) in [5.74, 6) is -0.752. The molecule has 0 radical (unpaired) electrons. The van der Waals surface area contributed by atoms with E-state index in [4.69, 9.17) is 4.74 Å². The third kappa shape index (κ3) is 2.99. The van der Waals surface area contributed by atoms with Crippen molar-refractivity contribution in [1.82, 2.24) is 4.90 Å². The van der Waals surface area contributed by atoms with Gasteiger partial charge in [-0.1, -0.05) is 25.1 Å². The summed E-state index contributed by atoms with van der Waals surface area (Å²) in [6, 6.07) is 5.39. The van der Waals surface area contributed by atoms with Crippen molar-refractivity contribution in [3.05, 3.63) is 35.6 Å². The Morgan fingerprint density at radius 1 is 1.50 bits per heavy atom. The molecular formula is C15H20FNO3. The quantitative estimate of drug-likeness (QED) is 0.858. The number of β-amino-alcohol motifs (C(OH)–C–C–N with tert-alkyl or cyclic N) is 1. The van der Waals surface area contributed by atoms with Crippen LogP contribution in [0.25, 0.3) is 0 Å². The lowest BCUT2D eigenvalue weighted by atomic mass is 9.93. The largest absolute Gasteiger partial charge is 0.468 e. The number of rotatable bonds is 3. The van der Waals surface area contributed by atoms with E-state index in [1.807, 2.05) is 6.92 Å². The third-order valence-corrected chi connectivity index (χ3v) is 3.94. The normalized spacial score (nSPS) is 25.2. The fourth-order valence-electron chi connectivity index (χ4n) is 2.59. The smallest absolute Gasteiger partial charge is 0.327 e. The number of likely N-dealkylation sites (tertiary alicyclic amines) is 1. The number of esters is 1. The van der Waals surface area contributed by atoms with Gasteiger partial charge in [-0.3, -0.25) is 4.90 Å². The van der Waals surface area contributed by atoms with Crippen molar-refractivity contribution >= 4 is 5.97 Å². The Labute approximate surface area is 118 Å². The molecule has 4 nitrogen and oxygen atoms in total. The minimum atomic E-state index is -0.802. The average molecular weight is 281 g/mol. The number of benzene rings is 1. The lowest BCUT2D eigenvalue weighted by Crippen LogP contribution is -2.47. The SMILES string of the molecule is COC(=O)C(c1ccccc1F)N1CCC(C)C(O)C1. The number of methoxy groups -OCH3 is 1. The second kappa shape index (κ2) is 6.33. The highest BCUT2D eigenvalue weighted by Gasteiger charge is 2.35. The van der Waals surface area contributed by atoms with Crippen molar-refractivity contribution in [1.29, 1.82) is 0 Å². The first-order chi connectivity index (χ1) is 9.54. The molecule has 0 amide bonds. The minimum absolute atomic E-state index is 0.185. The maximum atomic E-state index is 14.0. The summed E-state index contributed by atoms with van der Waals surface area (Å²) in [7, 11) is 1.29. The first kappa shape index (κ1) is 14.9.